The zero-order valence-electron chi connectivity index (χ0n) is 15.3. The van der Waals surface area contributed by atoms with Crippen molar-refractivity contribution < 1.29 is 13.9 Å². The van der Waals surface area contributed by atoms with Crippen LogP contribution < -0.4 is 9.47 Å². The maximum absolute atomic E-state index is 5.72. The second kappa shape index (κ2) is 7.84. The number of hydrogen-bond acceptors (Lipinski definition) is 7. The van der Waals surface area contributed by atoms with Crippen LogP contribution in [0.15, 0.2) is 40.1 Å². The molecule has 1 aliphatic heterocycles. The molecule has 1 atom stereocenters. The molecule has 0 fully saturated rings. The minimum absolute atomic E-state index is 0.229. The maximum Gasteiger partial charge on any atom is 0.288 e. The Hall–Kier alpha value is -2.16. The van der Waals surface area contributed by atoms with Gasteiger partial charge in [-0.1, -0.05) is 0 Å². The van der Waals surface area contributed by atoms with Crippen LogP contribution in [0.25, 0.3) is 0 Å². The number of hydrogen-bond donors (Lipinski definition) is 0. The Morgan fingerprint density at radius 1 is 1.26 bits per heavy atom. The van der Waals surface area contributed by atoms with Gasteiger partial charge in [0, 0.05) is 17.5 Å². The standard InChI is InChI=1S/C19H21N3O3S2/c1-13-16-8-10-27-17(16)7-9-21(13)12-22-19(26)25-18(20-22)11-24-15-5-3-14(23-2)4-6-15/h3-6,8,10,13H,7,9,11-12H2,1-2H3. The fraction of sp³-hybridized carbons (Fsp3) is 0.368. The fourth-order valence-electron chi connectivity index (χ4n) is 3.24. The predicted octanol–water partition coefficient (Wildman–Crippen LogP) is 4.43. The SMILES string of the molecule is COc1ccc(OCc2nn(CN3CCc4sccc4C3C)c(=S)o2)cc1. The molecule has 142 valence electrons. The monoisotopic (exact) mass is 403 g/mol. The van der Waals surface area contributed by atoms with Gasteiger partial charge in [0.15, 0.2) is 6.61 Å². The van der Waals surface area contributed by atoms with E-state index in [-0.39, 0.29) is 6.61 Å². The van der Waals surface area contributed by atoms with E-state index in [0.29, 0.717) is 23.4 Å². The van der Waals surface area contributed by atoms with Crippen molar-refractivity contribution in [1.29, 1.82) is 0 Å². The zero-order valence-corrected chi connectivity index (χ0v) is 16.9. The molecule has 3 aromatic rings. The molecule has 27 heavy (non-hydrogen) atoms. The molecule has 0 aliphatic carbocycles. The number of thiophene rings is 1. The van der Waals surface area contributed by atoms with E-state index >= 15 is 0 Å². The van der Waals surface area contributed by atoms with Gasteiger partial charge in [-0.05, 0) is 66.8 Å². The lowest BCUT2D eigenvalue weighted by molar-refractivity contribution is 0.142. The minimum atomic E-state index is 0.229. The van der Waals surface area contributed by atoms with Crippen LogP contribution in [0.5, 0.6) is 11.5 Å². The van der Waals surface area contributed by atoms with E-state index in [1.807, 2.05) is 35.6 Å². The highest BCUT2D eigenvalue weighted by Gasteiger charge is 2.25. The van der Waals surface area contributed by atoms with Crippen molar-refractivity contribution >= 4 is 23.6 Å². The highest BCUT2D eigenvalue weighted by Crippen LogP contribution is 2.33. The summed E-state index contributed by atoms with van der Waals surface area (Å²) in [5.74, 6) is 1.98. The summed E-state index contributed by atoms with van der Waals surface area (Å²) < 4.78 is 18.2. The van der Waals surface area contributed by atoms with E-state index in [1.54, 1.807) is 11.8 Å². The molecule has 0 spiro atoms. The lowest BCUT2D eigenvalue weighted by Gasteiger charge is -2.32. The molecule has 1 aromatic carbocycles. The van der Waals surface area contributed by atoms with Crippen LogP contribution in [-0.2, 0) is 19.7 Å². The molecule has 0 radical (unpaired) electrons. The molecule has 0 bridgehead atoms. The van der Waals surface area contributed by atoms with Crippen LogP contribution >= 0.6 is 23.6 Å². The first-order valence-corrected chi connectivity index (χ1v) is 10.1. The van der Waals surface area contributed by atoms with E-state index in [4.69, 9.17) is 26.1 Å². The quantitative estimate of drug-likeness (QED) is 0.568. The topological polar surface area (TPSA) is 52.7 Å². The van der Waals surface area contributed by atoms with Crippen molar-refractivity contribution in [2.24, 2.45) is 0 Å². The molecule has 2 aromatic heterocycles. The van der Waals surface area contributed by atoms with E-state index in [0.717, 1.165) is 24.5 Å². The summed E-state index contributed by atoms with van der Waals surface area (Å²) in [6, 6.07) is 9.95. The van der Waals surface area contributed by atoms with Crippen molar-refractivity contribution in [3.05, 3.63) is 56.9 Å². The number of aromatic nitrogens is 2. The fourth-order valence-corrected chi connectivity index (χ4v) is 4.40. The molecule has 6 nitrogen and oxygen atoms in total. The van der Waals surface area contributed by atoms with Crippen molar-refractivity contribution in [1.82, 2.24) is 14.7 Å². The van der Waals surface area contributed by atoms with Crippen LogP contribution in [0.1, 0.15) is 29.3 Å². The van der Waals surface area contributed by atoms with E-state index in [9.17, 15) is 0 Å². The molecule has 1 aliphatic rings. The third-order valence-electron chi connectivity index (χ3n) is 4.79. The molecular formula is C19H21N3O3S2. The van der Waals surface area contributed by atoms with E-state index < -0.39 is 0 Å². The number of rotatable bonds is 6. The molecule has 3 heterocycles. The van der Waals surface area contributed by atoms with Gasteiger partial charge in [0.2, 0.25) is 0 Å². The van der Waals surface area contributed by atoms with Crippen LogP contribution in [-0.4, -0.2) is 28.3 Å². The first-order chi connectivity index (χ1) is 13.1. The van der Waals surface area contributed by atoms with Gasteiger partial charge >= 0.3 is 0 Å². The summed E-state index contributed by atoms with van der Waals surface area (Å²) in [7, 11) is 1.63. The zero-order chi connectivity index (χ0) is 18.8. The summed E-state index contributed by atoms with van der Waals surface area (Å²) in [6.45, 7) is 4.05. The second-order valence-corrected chi connectivity index (χ2v) is 7.75. The van der Waals surface area contributed by atoms with Gasteiger partial charge in [0.05, 0.1) is 13.8 Å². The normalized spacial score (nSPS) is 16.9. The minimum Gasteiger partial charge on any atom is -0.497 e. The first-order valence-electron chi connectivity index (χ1n) is 8.78. The van der Waals surface area contributed by atoms with Gasteiger partial charge in [0.1, 0.15) is 11.5 Å². The third kappa shape index (κ3) is 3.92. The predicted molar refractivity (Wildman–Crippen MR) is 106 cm³/mol. The highest BCUT2D eigenvalue weighted by molar-refractivity contribution is 7.71. The lowest BCUT2D eigenvalue weighted by atomic mass is 10.0. The second-order valence-electron chi connectivity index (χ2n) is 6.40. The molecule has 0 amide bonds. The Balaban J connectivity index is 1.40. The molecule has 0 saturated carbocycles. The third-order valence-corrected chi connectivity index (χ3v) is 6.08. The number of fused-ring (bicyclic) bond motifs is 1. The molecule has 0 N–H and O–H groups in total. The van der Waals surface area contributed by atoms with Crippen LogP contribution in [0.4, 0.5) is 0 Å². The summed E-state index contributed by atoms with van der Waals surface area (Å²) in [4.78, 5) is 4.21. The van der Waals surface area contributed by atoms with Gasteiger partial charge in [-0.3, -0.25) is 4.90 Å². The lowest BCUT2D eigenvalue weighted by Crippen LogP contribution is -2.35. The Kier molecular flexibility index (Phi) is 5.29. The summed E-state index contributed by atoms with van der Waals surface area (Å²) in [5.41, 5.74) is 1.41. The average Bonchev–Trinajstić information content (AvgIpc) is 3.30. The van der Waals surface area contributed by atoms with Crippen molar-refractivity contribution in [3.63, 3.8) is 0 Å². The molecule has 0 saturated heterocycles. The largest absolute Gasteiger partial charge is 0.497 e. The molecular weight excluding hydrogens is 382 g/mol. The van der Waals surface area contributed by atoms with E-state index in [1.165, 1.54) is 10.4 Å². The Labute approximate surface area is 166 Å². The molecule has 8 heteroatoms. The van der Waals surface area contributed by atoms with Crippen molar-refractivity contribution in [2.45, 2.75) is 32.7 Å². The molecule has 1 unspecified atom stereocenters. The Morgan fingerprint density at radius 2 is 2.04 bits per heavy atom. The number of nitrogens with zero attached hydrogens (tertiary/aromatic N) is 3. The van der Waals surface area contributed by atoms with Crippen LogP contribution in [0.2, 0.25) is 0 Å². The van der Waals surface area contributed by atoms with Gasteiger partial charge in [-0.15, -0.1) is 16.4 Å². The number of benzene rings is 1. The average molecular weight is 404 g/mol. The number of ether oxygens (including phenoxy) is 2. The molecule has 4 rings (SSSR count). The van der Waals surface area contributed by atoms with Crippen LogP contribution in [0, 0.1) is 4.84 Å². The van der Waals surface area contributed by atoms with E-state index in [2.05, 4.69) is 28.4 Å². The number of methoxy groups -OCH3 is 1. The summed E-state index contributed by atoms with van der Waals surface area (Å²) in [5, 5.41) is 6.66. The Morgan fingerprint density at radius 3 is 2.81 bits per heavy atom. The van der Waals surface area contributed by atoms with Gasteiger partial charge in [-0.2, -0.15) is 0 Å². The van der Waals surface area contributed by atoms with Gasteiger partial charge in [0.25, 0.3) is 10.7 Å². The summed E-state index contributed by atoms with van der Waals surface area (Å²) >= 11 is 7.18. The van der Waals surface area contributed by atoms with Gasteiger partial charge < -0.3 is 13.9 Å². The van der Waals surface area contributed by atoms with Gasteiger partial charge in [-0.25, -0.2) is 4.68 Å². The van der Waals surface area contributed by atoms with Crippen LogP contribution in [0.3, 0.4) is 0 Å². The van der Waals surface area contributed by atoms with Crippen molar-refractivity contribution in [3.8, 4) is 11.5 Å². The smallest absolute Gasteiger partial charge is 0.288 e. The van der Waals surface area contributed by atoms with Crippen molar-refractivity contribution in [2.75, 3.05) is 13.7 Å². The first kappa shape index (κ1) is 18.2. The maximum atomic E-state index is 5.72. The highest BCUT2D eigenvalue weighted by atomic mass is 32.1. The summed E-state index contributed by atoms with van der Waals surface area (Å²) in [6.07, 6.45) is 1.07. The Bertz CT molecular complexity index is 961.